The highest BCUT2D eigenvalue weighted by Crippen LogP contribution is 2.35. The molecule has 1 aromatic carbocycles. The Morgan fingerprint density at radius 3 is 2.75 bits per heavy atom. The number of carboxylic acids is 1. The number of aliphatic carboxylic acids is 1. The molecular weight excluding hydrogens is 204 g/mol. The van der Waals surface area contributed by atoms with E-state index in [9.17, 15) is 9.90 Å². The molecule has 84 valence electrons. The van der Waals surface area contributed by atoms with Crippen LogP contribution in [0.4, 0.5) is 0 Å². The van der Waals surface area contributed by atoms with E-state index in [1.54, 1.807) is 12.1 Å². The minimum absolute atomic E-state index is 0.191. The summed E-state index contributed by atoms with van der Waals surface area (Å²) in [5.41, 5.74) is 3.36. The third kappa shape index (κ3) is 1.69. The van der Waals surface area contributed by atoms with E-state index in [0.29, 0.717) is 18.4 Å². The standard InChI is InChI=1S/C13H14O3/c1-2-10-11(13(15)16)6-4-8-3-5-9(14)7-12(8)10/h3,5,7,14H,2,4,6H2,1H3,(H,15,16). The molecule has 0 unspecified atom stereocenters. The Balaban J connectivity index is 2.61. The number of fused-ring (bicyclic) bond motifs is 1. The first kappa shape index (κ1) is 10.7. The molecule has 2 rings (SSSR count). The first-order chi connectivity index (χ1) is 7.63. The maximum Gasteiger partial charge on any atom is 0.331 e. The van der Waals surface area contributed by atoms with Crippen molar-refractivity contribution in [3.05, 3.63) is 34.9 Å². The summed E-state index contributed by atoms with van der Waals surface area (Å²) in [5.74, 6) is -0.651. The fraction of sp³-hybridized carbons (Fsp3) is 0.308. The summed E-state index contributed by atoms with van der Waals surface area (Å²) in [6.45, 7) is 1.94. The molecule has 1 aliphatic rings. The number of phenolic OH excluding ortho intramolecular Hbond substituents is 1. The maximum absolute atomic E-state index is 11.1. The molecule has 0 radical (unpaired) electrons. The summed E-state index contributed by atoms with van der Waals surface area (Å²) in [7, 11) is 0. The van der Waals surface area contributed by atoms with Crippen molar-refractivity contribution < 1.29 is 15.0 Å². The van der Waals surface area contributed by atoms with Gasteiger partial charge in [-0.3, -0.25) is 0 Å². The van der Waals surface area contributed by atoms with Gasteiger partial charge >= 0.3 is 5.97 Å². The topological polar surface area (TPSA) is 57.5 Å². The average Bonchev–Trinajstić information content (AvgIpc) is 2.27. The van der Waals surface area contributed by atoms with E-state index < -0.39 is 5.97 Å². The van der Waals surface area contributed by atoms with Crippen LogP contribution in [0.15, 0.2) is 23.8 Å². The average molecular weight is 218 g/mol. The molecule has 0 saturated heterocycles. The van der Waals surface area contributed by atoms with E-state index in [4.69, 9.17) is 5.11 Å². The van der Waals surface area contributed by atoms with Gasteiger partial charge in [-0.05, 0) is 48.1 Å². The van der Waals surface area contributed by atoms with Crippen LogP contribution < -0.4 is 0 Å². The first-order valence-electron chi connectivity index (χ1n) is 5.41. The number of aryl methyl sites for hydroxylation is 1. The van der Waals surface area contributed by atoms with Crippen LogP contribution in [0.5, 0.6) is 5.75 Å². The summed E-state index contributed by atoms with van der Waals surface area (Å²) in [5, 5.41) is 18.6. The molecule has 16 heavy (non-hydrogen) atoms. The molecular formula is C13H14O3. The van der Waals surface area contributed by atoms with Crippen molar-refractivity contribution >= 4 is 11.5 Å². The second-order valence-electron chi connectivity index (χ2n) is 3.96. The molecule has 0 atom stereocenters. The highest BCUT2D eigenvalue weighted by atomic mass is 16.4. The van der Waals surface area contributed by atoms with Gasteiger partial charge < -0.3 is 10.2 Å². The Morgan fingerprint density at radius 1 is 1.38 bits per heavy atom. The van der Waals surface area contributed by atoms with E-state index in [0.717, 1.165) is 23.1 Å². The highest BCUT2D eigenvalue weighted by molar-refractivity contribution is 5.97. The monoisotopic (exact) mass is 218 g/mol. The van der Waals surface area contributed by atoms with E-state index in [1.165, 1.54) is 0 Å². The summed E-state index contributed by atoms with van der Waals surface area (Å²) >= 11 is 0. The lowest BCUT2D eigenvalue weighted by Gasteiger charge is -2.20. The number of benzene rings is 1. The van der Waals surface area contributed by atoms with E-state index >= 15 is 0 Å². The molecule has 0 saturated carbocycles. The SMILES string of the molecule is CCC1=C(C(=O)O)CCc2ccc(O)cc21. The Hall–Kier alpha value is -1.77. The molecule has 3 heteroatoms. The Kier molecular flexibility index (Phi) is 2.69. The maximum atomic E-state index is 11.1. The lowest BCUT2D eigenvalue weighted by molar-refractivity contribution is -0.132. The number of rotatable bonds is 2. The van der Waals surface area contributed by atoms with Crippen LogP contribution in [0.25, 0.3) is 5.57 Å². The van der Waals surface area contributed by atoms with Gasteiger partial charge in [0.1, 0.15) is 5.75 Å². The summed E-state index contributed by atoms with van der Waals surface area (Å²) in [6.07, 6.45) is 2.00. The summed E-state index contributed by atoms with van der Waals surface area (Å²) < 4.78 is 0. The molecule has 0 spiro atoms. The molecule has 1 aliphatic carbocycles. The normalized spacial score (nSPS) is 14.8. The number of phenols is 1. The zero-order valence-corrected chi connectivity index (χ0v) is 9.16. The van der Waals surface area contributed by atoms with Crippen LogP contribution >= 0.6 is 0 Å². The van der Waals surface area contributed by atoms with Gasteiger partial charge in [-0.2, -0.15) is 0 Å². The third-order valence-corrected chi connectivity index (χ3v) is 3.04. The predicted octanol–water partition coefficient (Wildman–Crippen LogP) is 2.59. The first-order valence-corrected chi connectivity index (χ1v) is 5.41. The number of aromatic hydroxyl groups is 1. The zero-order valence-electron chi connectivity index (χ0n) is 9.16. The molecule has 0 aliphatic heterocycles. The smallest absolute Gasteiger partial charge is 0.331 e. The number of carbonyl (C=O) groups is 1. The van der Waals surface area contributed by atoms with Gasteiger partial charge in [-0.1, -0.05) is 13.0 Å². The Bertz CT molecular complexity index is 472. The fourth-order valence-corrected chi connectivity index (χ4v) is 2.28. The van der Waals surface area contributed by atoms with Crippen LogP contribution in [0.1, 0.15) is 30.9 Å². The van der Waals surface area contributed by atoms with Crippen molar-refractivity contribution in [1.29, 1.82) is 0 Å². The van der Waals surface area contributed by atoms with Crippen molar-refractivity contribution in [2.45, 2.75) is 26.2 Å². The highest BCUT2D eigenvalue weighted by Gasteiger charge is 2.22. The predicted molar refractivity (Wildman–Crippen MR) is 61.3 cm³/mol. The van der Waals surface area contributed by atoms with Gasteiger partial charge in [0.15, 0.2) is 0 Å². The van der Waals surface area contributed by atoms with Gasteiger partial charge in [0, 0.05) is 5.57 Å². The van der Waals surface area contributed by atoms with E-state index in [1.807, 2.05) is 13.0 Å². The molecule has 0 bridgehead atoms. The molecule has 0 amide bonds. The van der Waals surface area contributed by atoms with Crippen molar-refractivity contribution in [3.63, 3.8) is 0 Å². The van der Waals surface area contributed by atoms with Gasteiger partial charge in [0.25, 0.3) is 0 Å². The van der Waals surface area contributed by atoms with Crippen molar-refractivity contribution in [2.75, 3.05) is 0 Å². The largest absolute Gasteiger partial charge is 0.508 e. The van der Waals surface area contributed by atoms with Gasteiger partial charge in [0.05, 0.1) is 0 Å². The second kappa shape index (κ2) is 4.00. The minimum Gasteiger partial charge on any atom is -0.508 e. The van der Waals surface area contributed by atoms with Crippen molar-refractivity contribution in [1.82, 2.24) is 0 Å². The molecule has 2 N–H and O–H groups in total. The molecule has 0 aromatic heterocycles. The van der Waals surface area contributed by atoms with Gasteiger partial charge in [-0.15, -0.1) is 0 Å². The second-order valence-corrected chi connectivity index (χ2v) is 3.96. The summed E-state index contributed by atoms with van der Waals surface area (Å²) in [6, 6.07) is 5.19. The number of hydrogen-bond donors (Lipinski definition) is 2. The Morgan fingerprint density at radius 2 is 2.12 bits per heavy atom. The van der Waals surface area contributed by atoms with Crippen LogP contribution in [0, 0.1) is 0 Å². The zero-order chi connectivity index (χ0) is 11.7. The Labute approximate surface area is 94.0 Å². The third-order valence-electron chi connectivity index (χ3n) is 3.04. The quantitative estimate of drug-likeness (QED) is 0.802. The van der Waals surface area contributed by atoms with Crippen molar-refractivity contribution in [2.24, 2.45) is 0 Å². The van der Waals surface area contributed by atoms with Crippen LogP contribution in [0.3, 0.4) is 0 Å². The van der Waals surface area contributed by atoms with Crippen molar-refractivity contribution in [3.8, 4) is 5.75 Å². The molecule has 0 heterocycles. The number of carboxylic acid groups (broad SMARTS) is 1. The van der Waals surface area contributed by atoms with E-state index in [2.05, 4.69) is 0 Å². The van der Waals surface area contributed by atoms with Crippen LogP contribution in [-0.4, -0.2) is 16.2 Å². The van der Waals surface area contributed by atoms with Crippen LogP contribution in [-0.2, 0) is 11.2 Å². The minimum atomic E-state index is -0.842. The lowest BCUT2D eigenvalue weighted by Crippen LogP contribution is -2.11. The lowest BCUT2D eigenvalue weighted by atomic mass is 9.84. The van der Waals surface area contributed by atoms with Gasteiger partial charge in [0.2, 0.25) is 0 Å². The molecule has 3 nitrogen and oxygen atoms in total. The van der Waals surface area contributed by atoms with Gasteiger partial charge in [-0.25, -0.2) is 4.79 Å². The number of allylic oxidation sites excluding steroid dienone is 1. The number of hydrogen-bond acceptors (Lipinski definition) is 2. The van der Waals surface area contributed by atoms with Crippen LogP contribution in [0.2, 0.25) is 0 Å². The van der Waals surface area contributed by atoms with E-state index in [-0.39, 0.29) is 5.75 Å². The molecule has 1 aromatic rings. The fourth-order valence-electron chi connectivity index (χ4n) is 2.28. The summed E-state index contributed by atoms with van der Waals surface area (Å²) in [4.78, 5) is 11.1. The molecule has 0 fully saturated rings.